The molecule has 0 unspecified atom stereocenters. The van der Waals surface area contributed by atoms with E-state index in [-0.39, 0.29) is 11.4 Å². The van der Waals surface area contributed by atoms with Gasteiger partial charge in [-0.1, -0.05) is 11.8 Å². The van der Waals surface area contributed by atoms with Crippen molar-refractivity contribution in [2.75, 3.05) is 50.2 Å². The summed E-state index contributed by atoms with van der Waals surface area (Å²) in [6, 6.07) is 8.78. The SMILES string of the molecule is COc1cnc(C(=O)Nc2ccc3c(c2)[C@@]2(CCN=C(N)S2)c2cc(N4CCOCC4)cc(F)c2O3)cn1. The normalized spacial score (nSPS) is 20.2. The zero-order valence-corrected chi connectivity index (χ0v) is 21.4. The van der Waals surface area contributed by atoms with Gasteiger partial charge in [-0.3, -0.25) is 9.79 Å². The first kappa shape index (κ1) is 24.4. The van der Waals surface area contributed by atoms with E-state index in [1.54, 1.807) is 12.1 Å². The number of thioether (sulfide) groups is 1. The number of benzene rings is 2. The molecule has 1 fully saturated rings. The van der Waals surface area contributed by atoms with Gasteiger partial charge >= 0.3 is 0 Å². The first-order valence-corrected chi connectivity index (χ1v) is 12.9. The van der Waals surface area contributed by atoms with E-state index in [1.165, 1.54) is 37.3 Å². The highest BCUT2D eigenvalue weighted by molar-refractivity contribution is 8.14. The minimum Gasteiger partial charge on any atom is -0.480 e. The maximum atomic E-state index is 15.6. The number of anilines is 2. The van der Waals surface area contributed by atoms with Crippen LogP contribution in [-0.2, 0) is 9.48 Å². The Morgan fingerprint density at radius 3 is 2.76 bits per heavy atom. The van der Waals surface area contributed by atoms with Crippen LogP contribution in [0.25, 0.3) is 0 Å². The molecule has 6 rings (SSSR count). The molecule has 1 aromatic heterocycles. The third-order valence-corrected chi connectivity index (χ3v) is 8.14. The smallest absolute Gasteiger partial charge is 0.275 e. The molecule has 0 saturated carbocycles. The number of morpholine rings is 1. The average molecular weight is 537 g/mol. The van der Waals surface area contributed by atoms with Crippen molar-refractivity contribution in [1.82, 2.24) is 9.97 Å². The first-order chi connectivity index (χ1) is 18.5. The van der Waals surface area contributed by atoms with Gasteiger partial charge in [0.15, 0.2) is 16.7 Å². The van der Waals surface area contributed by atoms with Gasteiger partial charge in [-0.2, -0.15) is 0 Å². The lowest BCUT2D eigenvalue weighted by atomic mass is 9.83. The number of amides is 1. The summed E-state index contributed by atoms with van der Waals surface area (Å²) in [5, 5.41) is 3.28. The van der Waals surface area contributed by atoms with Crippen LogP contribution < -0.4 is 25.4 Å². The quantitative estimate of drug-likeness (QED) is 0.515. The summed E-state index contributed by atoms with van der Waals surface area (Å²) in [5.74, 6) is 0.128. The Morgan fingerprint density at radius 1 is 1.18 bits per heavy atom. The zero-order valence-electron chi connectivity index (χ0n) is 20.6. The predicted molar refractivity (Wildman–Crippen MR) is 142 cm³/mol. The van der Waals surface area contributed by atoms with Crippen LogP contribution in [0.5, 0.6) is 17.4 Å². The summed E-state index contributed by atoms with van der Waals surface area (Å²) >= 11 is 1.38. The number of aliphatic imine (C=N–C) groups is 1. The number of ether oxygens (including phenoxy) is 3. The third-order valence-electron chi connectivity index (χ3n) is 6.80. The second-order valence-corrected chi connectivity index (χ2v) is 10.3. The third kappa shape index (κ3) is 4.29. The number of hydrogen-bond donors (Lipinski definition) is 2. The highest BCUT2D eigenvalue weighted by atomic mass is 32.2. The van der Waals surface area contributed by atoms with Crippen LogP contribution in [0.3, 0.4) is 0 Å². The Hall–Kier alpha value is -3.90. The maximum Gasteiger partial charge on any atom is 0.275 e. The lowest BCUT2D eigenvalue weighted by molar-refractivity contribution is 0.102. The number of amidine groups is 1. The summed E-state index contributed by atoms with van der Waals surface area (Å²) in [6.07, 6.45) is 3.30. The topological polar surface area (TPSA) is 124 Å². The summed E-state index contributed by atoms with van der Waals surface area (Å²) in [5.41, 5.74) is 9.16. The minimum atomic E-state index is -0.751. The van der Waals surface area contributed by atoms with Gasteiger partial charge in [0.1, 0.15) is 11.4 Å². The summed E-state index contributed by atoms with van der Waals surface area (Å²) in [7, 11) is 1.48. The number of rotatable bonds is 4. The van der Waals surface area contributed by atoms with E-state index in [4.69, 9.17) is 19.9 Å². The average Bonchev–Trinajstić information content (AvgIpc) is 2.94. The molecule has 0 bridgehead atoms. The molecule has 3 N–H and O–H groups in total. The highest BCUT2D eigenvalue weighted by Crippen LogP contribution is 2.58. The molecule has 2 aromatic carbocycles. The van der Waals surface area contributed by atoms with E-state index in [0.717, 1.165) is 11.3 Å². The lowest BCUT2D eigenvalue weighted by Gasteiger charge is -2.42. The molecule has 4 heterocycles. The van der Waals surface area contributed by atoms with E-state index in [9.17, 15) is 4.79 Å². The Balaban J connectivity index is 1.40. The van der Waals surface area contributed by atoms with Gasteiger partial charge in [-0.15, -0.1) is 0 Å². The molecule has 12 heteroatoms. The van der Waals surface area contributed by atoms with Crippen LogP contribution in [0.1, 0.15) is 28.0 Å². The molecule has 0 radical (unpaired) electrons. The number of nitrogens with zero attached hydrogens (tertiary/aromatic N) is 4. The highest BCUT2D eigenvalue weighted by Gasteiger charge is 2.46. The van der Waals surface area contributed by atoms with E-state index >= 15 is 4.39 Å². The van der Waals surface area contributed by atoms with Crippen molar-refractivity contribution >= 4 is 34.2 Å². The van der Waals surface area contributed by atoms with Crippen molar-refractivity contribution in [3.63, 3.8) is 0 Å². The molecule has 3 aliphatic heterocycles. The van der Waals surface area contributed by atoms with E-state index < -0.39 is 16.5 Å². The van der Waals surface area contributed by atoms with Gasteiger partial charge < -0.3 is 30.2 Å². The van der Waals surface area contributed by atoms with Gasteiger partial charge in [-0.05, 0) is 30.7 Å². The van der Waals surface area contributed by atoms with Crippen molar-refractivity contribution in [3.05, 3.63) is 65.4 Å². The van der Waals surface area contributed by atoms with Crippen molar-refractivity contribution < 1.29 is 23.4 Å². The second-order valence-electron chi connectivity index (χ2n) is 9.01. The number of aromatic nitrogens is 2. The predicted octanol–water partition coefficient (Wildman–Crippen LogP) is 3.51. The molecule has 38 heavy (non-hydrogen) atoms. The molecular weight excluding hydrogens is 511 g/mol. The largest absolute Gasteiger partial charge is 0.480 e. The van der Waals surface area contributed by atoms with Gasteiger partial charge in [0, 0.05) is 48.2 Å². The summed E-state index contributed by atoms with van der Waals surface area (Å²) < 4.78 is 31.4. The molecule has 1 atom stereocenters. The number of fused-ring (bicyclic) bond motifs is 4. The molecular formula is C26H25FN6O4S. The number of halogens is 1. The molecule has 3 aromatic rings. The van der Waals surface area contributed by atoms with Crippen LogP contribution in [-0.4, -0.2) is 61.0 Å². The Morgan fingerprint density at radius 2 is 2.03 bits per heavy atom. The number of nitrogens with one attached hydrogen (secondary N) is 1. The number of nitrogens with two attached hydrogens (primary N) is 1. The van der Waals surface area contributed by atoms with Crippen molar-refractivity contribution in [2.45, 2.75) is 11.2 Å². The Bertz CT molecular complexity index is 1430. The van der Waals surface area contributed by atoms with Gasteiger partial charge in [0.2, 0.25) is 5.88 Å². The van der Waals surface area contributed by atoms with Crippen molar-refractivity contribution in [2.24, 2.45) is 10.7 Å². The number of hydrogen-bond acceptors (Lipinski definition) is 10. The Labute approximate surface area is 222 Å². The zero-order chi connectivity index (χ0) is 26.3. The van der Waals surface area contributed by atoms with Crippen molar-refractivity contribution in [1.29, 1.82) is 0 Å². The standard InChI is InChI=1S/C26H25FN6O4S/c1-35-22-14-30-20(13-31-22)24(34)32-15-2-3-21-17(10-15)26(4-5-29-25(28)38-26)18-11-16(12-19(27)23(18)37-21)33-6-8-36-9-7-33/h2-3,10-14H,4-9H2,1H3,(H2,28,29)(H,32,34)/t26-/m0/s1. The first-order valence-electron chi connectivity index (χ1n) is 12.1. The summed E-state index contributed by atoms with van der Waals surface area (Å²) in [6.45, 7) is 2.98. The van der Waals surface area contributed by atoms with Crippen LogP contribution in [0.2, 0.25) is 0 Å². The number of methoxy groups -OCH3 is 1. The number of carbonyl (C=O) groups is 1. The van der Waals surface area contributed by atoms with Crippen LogP contribution in [0.15, 0.2) is 47.7 Å². The molecule has 10 nitrogen and oxygen atoms in total. The van der Waals surface area contributed by atoms with Gasteiger partial charge in [0.05, 0.1) is 37.5 Å². The van der Waals surface area contributed by atoms with Crippen LogP contribution in [0, 0.1) is 5.82 Å². The van der Waals surface area contributed by atoms with E-state index in [2.05, 4.69) is 25.2 Å². The van der Waals surface area contributed by atoms with Gasteiger partial charge in [0.25, 0.3) is 5.91 Å². The molecule has 196 valence electrons. The second kappa shape index (κ2) is 9.76. The van der Waals surface area contributed by atoms with E-state index in [0.29, 0.717) is 67.3 Å². The monoisotopic (exact) mass is 536 g/mol. The molecule has 3 aliphatic rings. The molecule has 1 amide bonds. The van der Waals surface area contributed by atoms with Crippen LogP contribution in [0.4, 0.5) is 15.8 Å². The van der Waals surface area contributed by atoms with Crippen LogP contribution >= 0.6 is 11.8 Å². The summed E-state index contributed by atoms with van der Waals surface area (Å²) in [4.78, 5) is 27.5. The minimum absolute atomic E-state index is 0.139. The fourth-order valence-corrected chi connectivity index (χ4v) is 6.19. The molecule has 0 aliphatic carbocycles. The van der Waals surface area contributed by atoms with E-state index in [1.807, 2.05) is 12.1 Å². The lowest BCUT2D eigenvalue weighted by Crippen LogP contribution is -2.38. The fourth-order valence-electron chi connectivity index (χ4n) is 4.95. The van der Waals surface area contributed by atoms with Gasteiger partial charge in [-0.25, -0.2) is 14.4 Å². The Kier molecular flexibility index (Phi) is 6.28. The molecule has 1 saturated heterocycles. The van der Waals surface area contributed by atoms with Crippen molar-refractivity contribution in [3.8, 4) is 17.4 Å². The fraction of sp³-hybridized carbons (Fsp3) is 0.308. The molecule has 1 spiro atoms. The number of carbonyl (C=O) groups excluding carboxylic acids is 1. The maximum absolute atomic E-state index is 15.6.